The molecule has 1 saturated heterocycles. The van der Waals surface area contributed by atoms with Crippen molar-refractivity contribution in [1.82, 2.24) is 15.1 Å². The third kappa shape index (κ3) is 3.52. The van der Waals surface area contributed by atoms with E-state index in [0.29, 0.717) is 24.7 Å². The number of hydrogen-bond donors (Lipinski definition) is 2. The fraction of sp³-hybridized carbons (Fsp3) is 0.850. The molecule has 1 spiro atoms. The van der Waals surface area contributed by atoms with Crippen LogP contribution in [-0.2, 0) is 9.59 Å². The standard InChI is InChI=1S/C20H32N4O3.ClH/c1-23-19(27)24(18(26)20(23)8-3-2-4-9-20)12-16(25)22-17-13-6-5-7-14(17)11-15(21)10-13;/h13-15,17H,2-12,21H2,1H3,(H,22,25);1H. The molecule has 2 bridgehead atoms. The van der Waals surface area contributed by atoms with Crippen LogP contribution in [0.25, 0.3) is 0 Å². The lowest BCUT2D eigenvalue weighted by Gasteiger charge is -2.45. The van der Waals surface area contributed by atoms with Gasteiger partial charge in [-0.25, -0.2) is 4.79 Å². The van der Waals surface area contributed by atoms with Crippen LogP contribution in [0.15, 0.2) is 0 Å². The number of nitrogens with one attached hydrogen (secondary N) is 1. The average Bonchev–Trinajstić information content (AvgIpc) is 2.80. The molecule has 4 fully saturated rings. The second kappa shape index (κ2) is 8.19. The summed E-state index contributed by atoms with van der Waals surface area (Å²) in [6, 6.07) is 0.0399. The Hall–Kier alpha value is -1.34. The Kier molecular flexibility index (Phi) is 6.25. The number of carbonyl (C=O) groups excluding carboxylic acids is 3. The molecule has 1 heterocycles. The van der Waals surface area contributed by atoms with Crippen molar-refractivity contribution in [2.45, 2.75) is 81.8 Å². The van der Waals surface area contributed by atoms with Crippen LogP contribution >= 0.6 is 12.4 Å². The average molecular weight is 413 g/mol. The molecule has 4 aliphatic rings. The molecular formula is C20H33ClN4O3. The number of hydrogen-bond acceptors (Lipinski definition) is 4. The molecule has 0 aromatic carbocycles. The van der Waals surface area contributed by atoms with Gasteiger partial charge in [0.15, 0.2) is 0 Å². The van der Waals surface area contributed by atoms with Gasteiger partial charge in [-0.2, -0.15) is 0 Å². The predicted molar refractivity (Wildman–Crippen MR) is 108 cm³/mol. The number of amides is 4. The van der Waals surface area contributed by atoms with Gasteiger partial charge in [-0.05, 0) is 50.4 Å². The molecule has 0 aromatic heterocycles. The second-order valence-corrected chi connectivity index (χ2v) is 9.10. The topological polar surface area (TPSA) is 95.7 Å². The van der Waals surface area contributed by atoms with Gasteiger partial charge >= 0.3 is 6.03 Å². The highest BCUT2D eigenvalue weighted by Gasteiger charge is 2.56. The molecular weight excluding hydrogens is 380 g/mol. The molecule has 1 aliphatic heterocycles. The largest absolute Gasteiger partial charge is 0.351 e. The number of urea groups is 1. The van der Waals surface area contributed by atoms with E-state index in [9.17, 15) is 14.4 Å². The lowest BCUT2D eigenvalue weighted by atomic mass is 9.67. The van der Waals surface area contributed by atoms with E-state index in [1.165, 1.54) is 11.3 Å². The number of rotatable bonds is 3. The van der Waals surface area contributed by atoms with Crippen molar-refractivity contribution < 1.29 is 14.4 Å². The Bertz CT molecular complexity index is 623. The molecule has 28 heavy (non-hydrogen) atoms. The molecule has 4 amide bonds. The summed E-state index contributed by atoms with van der Waals surface area (Å²) >= 11 is 0. The molecule has 4 rings (SSSR count). The van der Waals surface area contributed by atoms with Crippen molar-refractivity contribution in [3.05, 3.63) is 0 Å². The highest BCUT2D eigenvalue weighted by Crippen LogP contribution is 2.41. The maximum absolute atomic E-state index is 13.0. The van der Waals surface area contributed by atoms with Crippen molar-refractivity contribution in [3.63, 3.8) is 0 Å². The highest BCUT2D eigenvalue weighted by molar-refractivity contribution is 6.08. The Morgan fingerprint density at radius 3 is 2.32 bits per heavy atom. The first kappa shape index (κ1) is 21.4. The van der Waals surface area contributed by atoms with Crippen LogP contribution in [0.2, 0.25) is 0 Å². The maximum atomic E-state index is 13.0. The van der Waals surface area contributed by atoms with Crippen LogP contribution in [0.3, 0.4) is 0 Å². The van der Waals surface area contributed by atoms with Crippen LogP contribution in [0, 0.1) is 11.8 Å². The van der Waals surface area contributed by atoms with E-state index >= 15 is 0 Å². The number of fused-ring (bicyclic) bond motifs is 2. The van der Waals surface area contributed by atoms with Crippen LogP contribution < -0.4 is 11.1 Å². The van der Waals surface area contributed by atoms with Gasteiger partial charge in [0.2, 0.25) is 5.91 Å². The normalized spacial score (nSPS) is 34.4. The summed E-state index contributed by atoms with van der Waals surface area (Å²) in [6.07, 6.45) is 9.72. The summed E-state index contributed by atoms with van der Waals surface area (Å²) in [5, 5.41) is 3.16. The van der Waals surface area contributed by atoms with E-state index < -0.39 is 5.54 Å². The van der Waals surface area contributed by atoms with E-state index in [1.54, 1.807) is 11.9 Å². The Labute approximate surface area is 173 Å². The Balaban J connectivity index is 0.00000225. The number of carbonyl (C=O) groups is 3. The van der Waals surface area contributed by atoms with Crippen molar-refractivity contribution in [3.8, 4) is 0 Å². The molecule has 7 nitrogen and oxygen atoms in total. The van der Waals surface area contributed by atoms with Crippen molar-refractivity contribution in [2.75, 3.05) is 13.6 Å². The smallest absolute Gasteiger partial charge is 0.327 e. The summed E-state index contributed by atoms with van der Waals surface area (Å²) in [4.78, 5) is 41.2. The fourth-order valence-electron chi connectivity index (χ4n) is 6.07. The SMILES string of the molecule is CN1C(=O)N(CC(=O)NC2C3CCCC2CC(N)C3)C(=O)C12CCCCC2.Cl. The van der Waals surface area contributed by atoms with Crippen LogP contribution in [0.4, 0.5) is 4.79 Å². The number of likely N-dealkylation sites (N-methyl/N-ethyl adjacent to an activating group) is 1. The van der Waals surface area contributed by atoms with Crippen LogP contribution in [-0.4, -0.2) is 58.9 Å². The lowest BCUT2D eigenvalue weighted by Crippen LogP contribution is -2.55. The minimum atomic E-state index is -0.719. The van der Waals surface area contributed by atoms with E-state index in [2.05, 4.69) is 5.32 Å². The zero-order valence-electron chi connectivity index (χ0n) is 16.7. The molecule has 2 unspecified atom stereocenters. The summed E-state index contributed by atoms with van der Waals surface area (Å²) in [7, 11) is 1.70. The van der Waals surface area contributed by atoms with Gasteiger partial charge < -0.3 is 16.0 Å². The van der Waals surface area contributed by atoms with Gasteiger partial charge in [0.05, 0.1) is 0 Å². The molecule has 3 N–H and O–H groups in total. The number of nitrogens with zero attached hydrogens (tertiary/aromatic N) is 2. The zero-order valence-corrected chi connectivity index (χ0v) is 17.5. The summed E-state index contributed by atoms with van der Waals surface area (Å²) in [5.74, 6) is 0.452. The summed E-state index contributed by atoms with van der Waals surface area (Å²) in [6.45, 7) is -0.161. The third-order valence-electron chi connectivity index (χ3n) is 7.49. The number of imide groups is 1. The first-order valence-electron chi connectivity index (χ1n) is 10.6. The Morgan fingerprint density at radius 2 is 1.71 bits per heavy atom. The zero-order chi connectivity index (χ0) is 19.2. The van der Waals surface area contributed by atoms with E-state index in [-0.39, 0.29) is 48.9 Å². The van der Waals surface area contributed by atoms with Gasteiger partial charge in [-0.3, -0.25) is 14.5 Å². The van der Waals surface area contributed by atoms with E-state index in [1.807, 2.05) is 0 Å². The number of halogens is 1. The number of nitrogens with two attached hydrogens (primary N) is 1. The molecule has 8 heteroatoms. The van der Waals surface area contributed by atoms with Crippen LogP contribution in [0.5, 0.6) is 0 Å². The van der Waals surface area contributed by atoms with Gasteiger partial charge in [-0.1, -0.05) is 25.7 Å². The van der Waals surface area contributed by atoms with Crippen molar-refractivity contribution in [1.29, 1.82) is 0 Å². The molecule has 158 valence electrons. The molecule has 2 atom stereocenters. The highest BCUT2D eigenvalue weighted by atomic mass is 35.5. The van der Waals surface area contributed by atoms with Crippen molar-refractivity contribution >= 4 is 30.3 Å². The van der Waals surface area contributed by atoms with Gasteiger partial charge in [0.25, 0.3) is 5.91 Å². The molecule has 0 aromatic rings. The second-order valence-electron chi connectivity index (χ2n) is 9.10. The lowest BCUT2D eigenvalue weighted by molar-refractivity contribution is -0.137. The Morgan fingerprint density at radius 1 is 1.11 bits per heavy atom. The summed E-state index contributed by atoms with van der Waals surface area (Å²) < 4.78 is 0. The summed E-state index contributed by atoms with van der Waals surface area (Å²) in [5.41, 5.74) is 5.45. The first-order chi connectivity index (χ1) is 12.9. The van der Waals surface area contributed by atoms with E-state index in [0.717, 1.165) is 44.9 Å². The minimum Gasteiger partial charge on any atom is -0.351 e. The monoisotopic (exact) mass is 412 g/mol. The quantitative estimate of drug-likeness (QED) is 0.693. The molecule has 3 aliphatic carbocycles. The van der Waals surface area contributed by atoms with Gasteiger partial charge in [-0.15, -0.1) is 12.4 Å². The maximum Gasteiger partial charge on any atom is 0.327 e. The third-order valence-corrected chi connectivity index (χ3v) is 7.49. The molecule has 3 saturated carbocycles. The first-order valence-corrected chi connectivity index (χ1v) is 10.6. The molecule has 0 radical (unpaired) electrons. The minimum absolute atomic E-state index is 0. The fourth-order valence-corrected chi connectivity index (χ4v) is 6.07. The predicted octanol–water partition coefficient (Wildman–Crippen LogP) is 2.03. The van der Waals surface area contributed by atoms with Gasteiger partial charge in [0, 0.05) is 19.1 Å². The van der Waals surface area contributed by atoms with Gasteiger partial charge in [0.1, 0.15) is 12.1 Å². The van der Waals surface area contributed by atoms with Crippen LogP contribution in [0.1, 0.15) is 64.2 Å². The van der Waals surface area contributed by atoms with E-state index in [4.69, 9.17) is 5.73 Å². The van der Waals surface area contributed by atoms with Crippen molar-refractivity contribution in [2.24, 2.45) is 17.6 Å².